The molecule has 1 N–H and O–H groups in total. The van der Waals surface area contributed by atoms with E-state index in [1.807, 2.05) is 26.0 Å². The van der Waals surface area contributed by atoms with E-state index in [1.165, 1.54) is 11.1 Å². The van der Waals surface area contributed by atoms with Gasteiger partial charge in [-0.3, -0.25) is 4.79 Å². The molecule has 1 aliphatic rings. The molecule has 0 unspecified atom stereocenters. The summed E-state index contributed by atoms with van der Waals surface area (Å²) in [7, 11) is 0. The molecule has 0 radical (unpaired) electrons. The van der Waals surface area contributed by atoms with Crippen LogP contribution in [0.25, 0.3) is 27.7 Å². The van der Waals surface area contributed by atoms with Gasteiger partial charge in [0, 0.05) is 40.4 Å². The number of fused-ring (bicyclic) bond motifs is 2. The lowest BCUT2D eigenvalue weighted by molar-refractivity contribution is -0.111. The maximum absolute atomic E-state index is 12.8. The summed E-state index contributed by atoms with van der Waals surface area (Å²) in [6, 6.07) is 15.6. The van der Waals surface area contributed by atoms with Gasteiger partial charge in [-0.15, -0.1) is 0 Å². The van der Waals surface area contributed by atoms with Gasteiger partial charge in [0.15, 0.2) is 11.5 Å². The molecule has 0 saturated heterocycles. The molecule has 1 aliphatic heterocycles. The first-order valence-electron chi connectivity index (χ1n) is 11.6. The monoisotopic (exact) mass is 469 g/mol. The van der Waals surface area contributed by atoms with Gasteiger partial charge in [0.1, 0.15) is 11.3 Å². The summed E-state index contributed by atoms with van der Waals surface area (Å²) in [6.45, 7) is 8.70. The van der Waals surface area contributed by atoms with Gasteiger partial charge in [0.25, 0.3) is 0 Å². The fourth-order valence-electron chi connectivity index (χ4n) is 4.39. The first kappa shape index (κ1) is 22.6. The SMILES string of the molecule is CCOc1cc2occ(-c3ccc(C)cc3C)c2cc1/C(C)=C/C(=O)Nc1ccc2c(c1)OCO2. The average Bonchev–Trinajstić information content (AvgIpc) is 3.45. The van der Waals surface area contributed by atoms with E-state index in [1.54, 1.807) is 30.5 Å². The lowest BCUT2D eigenvalue weighted by Gasteiger charge is -2.12. The molecule has 2 heterocycles. The van der Waals surface area contributed by atoms with Crippen LogP contribution >= 0.6 is 0 Å². The molecule has 5 rings (SSSR count). The van der Waals surface area contributed by atoms with Crippen molar-refractivity contribution in [2.75, 3.05) is 18.7 Å². The Morgan fingerprint density at radius 3 is 2.66 bits per heavy atom. The van der Waals surface area contributed by atoms with Crippen LogP contribution in [0.4, 0.5) is 5.69 Å². The molecule has 0 atom stereocenters. The highest BCUT2D eigenvalue weighted by Gasteiger charge is 2.17. The molecule has 1 aromatic heterocycles. The summed E-state index contributed by atoms with van der Waals surface area (Å²) in [6.07, 6.45) is 3.36. The highest BCUT2D eigenvalue weighted by Crippen LogP contribution is 2.39. The molecular formula is C29H27NO5. The zero-order valence-corrected chi connectivity index (χ0v) is 20.2. The molecule has 4 aromatic rings. The molecule has 0 aliphatic carbocycles. The number of rotatable bonds is 6. The Balaban J connectivity index is 1.50. The van der Waals surface area contributed by atoms with Crippen molar-refractivity contribution in [3.63, 3.8) is 0 Å². The maximum atomic E-state index is 12.8. The second-order valence-corrected chi connectivity index (χ2v) is 8.63. The number of allylic oxidation sites excluding steroid dienone is 1. The minimum absolute atomic E-state index is 0.187. The maximum Gasteiger partial charge on any atom is 0.248 e. The lowest BCUT2D eigenvalue weighted by atomic mass is 9.96. The van der Waals surface area contributed by atoms with E-state index in [0.29, 0.717) is 29.5 Å². The Hall–Kier alpha value is -4.19. The third-order valence-corrected chi connectivity index (χ3v) is 6.06. The predicted molar refractivity (Wildman–Crippen MR) is 137 cm³/mol. The van der Waals surface area contributed by atoms with Crippen LogP contribution in [0, 0.1) is 13.8 Å². The number of amides is 1. The van der Waals surface area contributed by atoms with E-state index in [2.05, 4.69) is 37.4 Å². The number of ether oxygens (including phenoxy) is 3. The molecule has 6 heteroatoms. The summed E-state index contributed by atoms with van der Waals surface area (Å²) in [4.78, 5) is 12.8. The van der Waals surface area contributed by atoms with Crippen LogP contribution in [0.1, 0.15) is 30.5 Å². The van der Waals surface area contributed by atoms with Gasteiger partial charge in [-0.2, -0.15) is 0 Å². The van der Waals surface area contributed by atoms with Crippen LogP contribution < -0.4 is 19.5 Å². The molecule has 0 bridgehead atoms. The molecule has 0 fully saturated rings. The molecule has 35 heavy (non-hydrogen) atoms. The van der Waals surface area contributed by atoms with Gasteiger partial charge in [-0.25, -0.2) is 0 Å². The van der Waals surface area contributed by atoms with Crippen molar-refractivity contribution in [3.05, 3.63) is 77.6 Å². The Bertz CT molecular complexity index is 1460. The zero-order valence-electron chi connectivity index (χ0n) is 20.2. The van der Waals surface area contributed by atoms with Crippen molar-refractivity contribution in [2.45, 2.75) is 27.7 Å². The van der Waals surface area contributed by atoms with Crippen LogP contribution in [0.15, 0.2) is 65.3 Å². The Morgan fingerprint density at radius 2 is 1.86 bits per heavy atom. The van der Waals surface area contributed by atoms with E-state index < -0.39 is 0 Å². The summed E-state index contributed by atoms with van der Waals surface area (Å²) in [5.41, 5.74) is 7.52. The molecule has 0 spiro atoms. The fourth-order valence-corrected chi connectivity index (χ4v) is 4.39. The first-order valence-corrected chi connectivity index (χ1v) is 11.6. The molecular weight excluding hydrogens is 442 g/mol. The van der Waals surface area contributed by atoms with Crippen molar-refractivity contribution < 1.29 is 23.4 Å². The molecule has 1 amide bonds. The number of furan rings is 1. The van der Waals surface area contributed by atoms with Crippen LogP contribution in [-0.4, -0.2) is 19.3 Å². The standard InChI is InChI=1S/C29H27NO5/c1-5-32-26-14-27-23(24(15-33-27)21-8-6-17(2)10-18(21)3)13-22(26)19(4)11-29(31)30-20-7-9-25-28(12-20)35-16-34-25/h6-15H,5,16H2,1-4H3,(H,30,31)/b19-11+. The second-order valence-electron chi connectivity index (χ2n) is 8.63. The van der Waals surface area contributed by atoms with Gasteiger partial charge in [0.05, 0.1) is 12.9 Å². The number of anilines is 1. The van der Waals surface area contributed by atoms with E-state index in [9.17, 15) is 4.79 Å². The van der Waals surface area contributed by atoms with Gasteiger partial charge in [-0.1, -0.05) is 23.8 Å². The fraction of sp³-hybridized carbons (Fsp3) is 0.207. The van der Waals surface area contributed by atoms with Crippen LogP contribution in [0.2, 0.25) is 0 Å². The van der Waals surface area contributed by atoms with Gasteiger partial charge in [0.2, 0.25) is 12.7 Å². The van der Waals surface area contributed by atoms with Gasteiger partial charge >= 0.3 is 0 Å². The highest BCUT2D eigenvalue weighted by molar-refractivity contribution is 6.05. The van der Waals surface area contributed by atoms with Crippen LogP contribution in [0.3, 0.4) is 0 Å². The van der Waals surface area contributed by atoms with E-state index in [-0.39, 0.29) is 12.7 Å². The summed E-state index contributed by atoms with van der Waals surface area (Å²) in [5, 5.41) is 3.87. The normalized spacial score (nSPS) is 12.7. The Kier molecular flexibility index (Phi) is 5.95. The summed E-state index contributed by atoms with van der Waals surface area (Å²) in [5.74, 6) is 1.72. The number of benzene rings is 3. The molecule has 0 saturated carbocycles. The summed E-state index contributed by atoms with van der Waals surface area (Å²) < 4.78 is 22.5. The summed E-state index contributed by atoms with van der Waals surface area (Å²) >= 11 is 0. The van der Waals surface area contributed by atoms with Crippen molar-refractivity contribution in [1.82, 2.24) is 0 Å². The minimum Gasteiger partial charge on any atom is -0.493 e. The smallest absolute Gasteiger partial charge is 0.248 e. The van der Waals surface area contributed by atoms with Crippen molar-refractivity contribution in [1.29, 1.82) is 0 Å². The second kappa shape index (κ2) is 9.22. The quantitative estimate of drug-likeness (QED) is 0.312. The third kappa shape index (κ3) is 4.47. The highest BCUT2D eigenvalue weighted by atomic mass is 16.7. The van der Waals surface area contributed by atoms with Crippen molar-refractivity contribution in [2.24, 2.45) is 0 Å². The predicted octanol–water partition coefficient (Wildman–Crippen LogP) is 6.89. The first-order chi connectivity index (χ1) is 16.9. The molecule has 178 valence electrons. The number of nitrogens with one attached hydrogen (secondary N) is 1. The zero-order chi connectivity index (χ0) is 24.5. The van der Waals surface area contributed by atoms with Crippen LogP contribution in [0.5, 0.6) is 17.2 Å². The number of hydrogen-bond acceptors (Lipinski definition) is 5. The van der Waals surface area contributed by atoms with E-state index >= 15 is 0 Å². The molecule has 6 nitrogen and oxygen atoms in total. The van der Waals surface area contributed by atoms with Crippen molar-refractivity contribution >= 4 is 28.1 Å². The number of carbonyl (C=O) groups excluding carboxylic acids is 1. The van der Waals surface area contributed by atoms with Gasteiger partial charge < -0.3 is 23.9 Å². The largest absolute Gasteiger partial charge is 0.493 e. The van der Waals surface area contributed by atoms with E-state index in [0.717, 1.165) is 33.2 Å². The topological polar surface area (TPSA) is 69.9 Å². The van der Waals surface area contributed by atoms with E-state index in [4.69, 9.17) is 18.6 Å². The average molecular weight is 470 g/mol. The van der Waals surface area contributed by atoms with Crippen molar-refractivity contribution in [3.8, 4) is 28.4 Å². The lowest BCUT2D eigenvalue weighted by Crippen LogP contribution is -2.08. The Labute approximate surface area is 204 Å². The number of carbonyl (C=O) groups is 1. The van der Waals surface area contributed by atoms with Gasteiger partial charge in [-0.05, 0) is 62.6 Å². The Morgan fingerprint density at radius 1 is 1.03 bits per heavy atom. The third-order valence-electron chi connectivity index (χ3n) is 6.06. The molecule has 3 aromatic carbocycles. The number of hydrogen-bond donors (Lipinski definition) is 1. The van der Waals surface area contributed by atoms with Crippen LogP contribution in [-0.2, 0) is 4.79 Å². The minimum atomic E-state index is -0.245. The number of aryl methyl sites for hydroxylation is 2.